The molecule has 0 radical (unpaired) electrons. The lowest BCUT2D eigenvalue weighted by Crippen LogP contribution is -2.33. The number of nitrogens with zero attached hydrogens (tertiary/aromatic N) is 3. The van der Waals surface area contributed by atoms with E-state index in [0.717, 1.165) is 22.3 Å². The number of aromatic nitrogens is 2. The summed E-state index contributed by atoms with van der Waals surface area (Å²) in [7, 11) is 1.62. The van der Waals surface area contributed by atoms with Gasteiger partial charge in [0.05, 0.1) is 24.6 Å². The molecule has 2 heterocycles. The van der Waals surface area contributed by atoms with E-state index in [1.165, 1.54) is 18.2 Å². The van der Waals surface area contributed by atoms with E-state index >= 15 is 0 Å². The molecule has 0 unspecified atom stereocenters. The molecular formula is C26H23FN4O3. The molecule has 1 aliphatic heterocycles. The lowest BCUT2D eigenvalue weighted by molar-refractivity contribution is -0.124. The Balaban J connectivity index is 1.40. The van der Waals surface area contributed by atoms with Gasteiger partial charge in [-0.3, -0.25) is 19.1 Å². The number of hydrogen-bond donors (Lipinski definition) is 1. The normalized spacial score (nSPS) is 14.9. The smallest absolute Gasteiger partial charge is 0.253 e. The van der Waals surface area contributed by atoms with Crippen molar-refractivity contribution in [1.29, 1.82) is 0 Å². The highest BCUT2D eigenvalue weighted by molar-refractivity contribution is 6.05. The van der Waals surface area contributed by atoms with Gasteiger partial charge in [-0.05, 0) is 54.4 Å². The molecule has 1 aliphatic rings. The molecular weight excluding hydrogens is 435 g/mol. The number of ether oxygens (including phenoxy) is 1. The predicted octanol–water partition coefficient (Wildman–Crippen LogP) is 4.34. The van der Waals surface area contributed by atoms with Crippen LogP contribution >= 0.6 is 0 Å². The van der Waals surface area contributed by atoms with Gasteiger partial charge in [0.2, 0.25) is 11.9 Å². The zero-order chi connectivity index (χ0) is 23.7. The fourth-order valence-electron chi connectivity index (χ4n) is 4.29. The standard InChI is InChI=1S/C26H23FN4O3/c1-34-20-11-9-17(10-12-20)13-14-30-25(33)23(16-24(32)28-19-6-4-5-18(27)15-19)31-22-8-3-2-7-21(22)29-26(30)31/h2-12,15,23H,13-14,16H2,1H3,(H,28,32)/t23-/m1/s1. The Kier molecular flexibility index (Phi) is 5.71. The molecule has 172 valence electrons. The van der Waals surface area contributed by atoms with Gasteiger partial charge in [-0.15, -0.1) is 0 Å². The van der Waals surface area contributed by atoms with E-state index in [0.29, 0.717) is 24.6 Å². The van der Waals surface area contributed by atoms with Crippen molar-refractivity contribution in [3.05, 3.63) is 84.2 Å². The summed E-state index contributed by atoms with van der Waals surface area (Å²) in [5.74, 6) is 0.304. The fourth-order valence-corrected chi connectivity index (χ4v) is 4.29. The molecule has 1 aromatic heterocycles. The fraction of sp³-hybridized carbons (Fsp3) is 0.192. The Hall–Kier alpha value is -4.20. The molecule has 7 nitrogen and oxygen atoms in total. The summed E-state index contributed by atoms with van der Waals surface area (Å²) in [4.78, 5) is 32.6. The van der Waals surface area contributed by atoms with Gasteiger partial charge in [0.1, 0.15) is 17.6 Å². The molecule has 5 rings (SSSR count). The largest absolute Gasteiger partial charge is 0.497 e. The molecule has 0 aliphatic carbocycles. The minimum Gasteiger partial charge on any atom is -0.497 e. The lowest BCUT2D eigenvalue weighted by atomic mass is 10.1. The van der Waals surface area contributed by atoms with Crippen molar-refractivity contribution in [3.8, 4) is 5.75 Å². The summed E-state index contributed by atoms with van der Waals surface area (Å²) in [6.45, 7) is 0.427. The number of hydrogen-bond acceptors (Lipinski definition) is 4. The second kappa shape index (κ2) is 8.97. The van der Waals surface area contributed by atoms with Crippen molar-refractivity contribution >= 4 is 34.5 Å². The summed E-state index contributed by atoms with van der Waals surface area (Å²) < 4.78 is 20.5. The molecule has 2 amide bonds. The summed E-state index contributed by atoms with van der Waals surface area (Å²) in [6.07, 6.45) is 0.545. The Morgan fingerprint density at radius 2 is 1.88 bits per heavy atom. The van der Waals surface area contributed by atoms with Crippen molar-refractivity contribution in [3.63, 3.8) is 0 Å². The van der Waals surface area contributed by atoms with Crippen LogP contribution in [0.25, 0.3) is 11.0 Å². The molecule has 0 bridgehead atoms. The topological polar surface area (TPSA) is 76.5 Å². The Bertz CT molecular complexity index is 1370. The zero-order valence-corrected chi connectivity index (χ0v) is 18.6. The van der Waals surface area contributed by atoms with Gasteiger partial charge < -0.3 is 10.1 Å². The quantitative estimate of drug-likeness (QED) is 0.447. The SMILES string of the molecule is COc1ccc(CCN2C(=O)[C@@H](CC(=O)Nc3cccc(F)c3)n3c2nc2ccccc23)cc1. The first-order chi connectivity index (χ1) is 16.5. The number of carbonyl (C=O) groups is 2. The lowest BCUT2D eigenvalue weighted by Gasteiger charge is -2.16. The first kappa shape index (κ1) is 21.6. The van der Waals surface area contributed by atoms with Crippen LogP contribution in [-0.2, 0) is 16.0 Å². The molecule has 1 N–H and O–H groups in total. The summed E-state index contributed by atoms with van der Waals surface area (Å²) in [5.41, 5.74) is 2.96. The van der Waals surface area contributed by atoms with Crippen LogP contribution in [0.5, 0.6) is 5.75 Å². The molecule has 4 aromatic rings. The van der Waals surface area contributed by atoms with Gasteiger partial charge >= 0.3 is 0 Å². The van der Waals surface area contributed by atoms with Gasteiger partial charge in [-0.1, -0.05) is 30.3 Å². The van der Waals surface area contributed by atoms with Crippen LogP contribution in [0.3, 0.4) is 0 Å². The van der Waals surface area contributed by atoms with E-state index in [1.54, 1.807) is 18.1 Å². The number of nitrogens with one attached hydrogen (secondary N) is 1. The Labute approximate surface area is 195 Å². The van der Waals surface area contributed by atoms with E-state index < -0.39 is 11.9 Å². The monoisotopic (exact) mass is 458 g/mol. The molecule has 1 atom stereocenters. The summed E-state index contributed by atoms with van der Waals surface area (Å²) in [5, 5.41) is 2.69. The summed E-state index contributed by atoms with van der Waals surface area (Å²) >= 11 is 0. The first-order valence-corrected chi connectivity index (χ1v) is 11.0. The average Bonchev–Trinajstić information content (AvgIpc) is 3.33. The highest BCUT2D eigenvalue weighted by Gasteiger charge is 2.40. The minimum absolute atomic E-state index is 0.0816. The molecule has 8 heteroatoms. The number of rotatable bonds is 7. The van der Waals surface area contributed by atoms with Crippen molar-refractivity contribution < 1.29 is 18.7 Å². The van der Waals surface area contributed by atoms with Crippen molar-refractivity contribution in [1.82, 2.24) is 9.55 Å². The maximum atomic E-state index is 13.5. The van der Waals surface area contributed by atoms with Crippen LogP contribution in [0.4, 0.5) is 16.0 Å². The maximum absolute atomic E-state index is 13.5. The van der Waals surface area contributed by atoms with Crippen LogP contribution < -0.4 is 15.0 Å². The van der Waals surface area contributed by atoms with Crippen LogP contribution in [0, 0.1) is 5.82 Å². The van der Waals surface area contributed by atoms with Gasteiger partial charge in [0, 0.05) is 12.2 Å². The number of fused-ring (bicyclic) bond motifs is 3. The van der Waals surface area contributed by atoms with Crippen molar-refractivity contribution in [2.24, 2.45) is 0 Å². The maximum Gasteiger partial charge on any atom is 0.253 e. The van der Waals surface area contributed by atoms with E-state index in [9.17, 15) is 14.0 Å². The van der Waals surface area contributed by atoms with Gasteiger partial charge in [-0.25, -0.2) is 9.37 Å². The number of methoxy groups -OCH3 is 1. The molecule has 0 saturated heterocycles. The van der Waals surface area contributed by atoms with Gasteiger partial charge in [0.25, 0.3) is 5.91 Å². The average molecular weight is 458 g/mol. The molecule has 0 spiro atoms. The van der Waals surface area contributed by atoms with Crippen molar-refractivity contribution in [2.45, 2.75) is 18.9 Å². The van der Waals surface area contributed by atoms with Crippen LogP contribution in [0.15, 0.2) is 72.8 Å². The van der Waals surface area contributed by atoms with E-state index in [2.05, 4.69) is 10.3 Å². The van der Waals surface area contributed by atoms with Crippen molar-refractivity contribution in [2.75, 3.05) is 23.9 Å². The number of halogens is 1. The van der Waals surface area contributed by atoms with Gasteiger partial charge in [-0.2, -0.15) is 0 Å². The molecule has 0 fully saturated rings. The number of benzene rings is 3. The number of anilines is 2. The molecule has 34 heavy (non-hydrogen) atoms. The number of carbonyl (C=O) groups excluding carboxylic acids is 2. The van der Waals surface area contributed by atoms with E-state index in [-0.39, 0.29) is 18.2 Å². The van der Waals surface area contributed by atoms with E-state index in [1.807, 2.05) is 53.1 Å². The summed E-state index contributed by atoms with van der Waals surface area (Å²) in [6, 6.07) is 20.2. The minimum atomic E-state index is -0.730. The van der Waals surface area contributed by atoms with Crippen LogP contribution in [-0.4, -0.2) is 35.0 Å². The van der Waals surface area contributed by atoms with E-state index in [4.69, 9.17) is 4.74 Å². The zero-order valence-electron chi connectivity index (χ0n) is 18.6. The predicted molar refractivity (Wildman–Crippen MR) is 127 cm³/mol. The number of para-hydroxylation sites is 2. The number of amides is 2. The Morgan fingerprint density at radius 1 is 1.09 bits per heavy atom. The third kappa shape index (κ3) is 4.10. The third-order valence-corrected chi connectivity index (χ3v) is 5.95. The van der Waals surface area contributed by atoms with Gasteiger partial charge in [0.15, 0.2) is 0 Å². The Morgan fingerprint density at radius 3 is 2.65 bits per heavy atom. The molecule has 0 saturated carbocycles. The number of imidazole rings is 1. The first-order valence-electron chi connectivity index (χ1n) is 11.0. The van der Waals surface area contributed by atoms with Crippen LogP contribution in [0.2, 0.25) is 0 Å². The second-order valence-electron chi connectivity index (χ2n) is 8.14. The van der Waals surface area contributed by atoms with Crippen LogP contribution in [0.1, 0.15) is 18.0 Å². The highest BCUT2D eigenvalue weighted by Crippen LogP contribution is 2.36. The third-order valence-electron chi connectivity index (χ3n) is 5.95. The second-order valence-corrected chi connectivity index (χ2v) is 8.14. The molecule has 3 aromatic carbocycles. The highest BCUT2D eigenvalue weighted by atomic mass is 19.1.